The molecule has 0 aliphatic rings. The van der Waals surface area contributed by atoms with Crippen molar-refractivity contribution in [2.45, 2.75) is 85.9 Å². The third-order valence-corrected chi connectivity index (χ3v) is 3.81. The Morgan fingerprint density at radius 3 is 1.85 bits per heavy atom. The summed E-state index contributed by atoms with van der Waals surface area (Å²) < 4.78 is 11.3. The van der Waals surface area contributed by atoms with Crippen LogP contribution in [0, 0.1) is 11.3 Å². The molecule has 0 bridgehead atoms. The van der Waals surface area contributed by atoms with E-state index in [1.807, 2.05) is 55.4 Å². The first-order valence-corrected chi connectivity index (χ1v) is 7.60. The molecule has 0 aliphatic heterocycles. The lowest BCUT2D eigenvalue weighted by Crippen LogP contribution is -2.55. The summed E-state index contributed by atoms with van der Waals surface area (Å²) in [6.07, 6.45) is 0.599. The van der Waals surface area contributed by atoms with Gasteiger partial charge in [0.05, 0.1) is 5.60 Å². The van der Waals surface area contributed by atoms with Crippen molar-refractivity contribution in [2.24, 2.45) is 11.3 Å². The van der Waals surface area contributed by atoms with E-state index in [2.05, 4.69) is 0 Å². The molecule has 1 atom stereocenters. The van der Waals surface area contributed by atoms with Crippen LogP contribution in [0.15, 0.2) is 0 Å². The quantitative estimate of drug-likeness (QED) is 0.673. The van der Waals surface area contributed by atoms with Crippen LogP contribution in [0.5, 0.6) is 0 Å². The molecule has 0 heterocycles. The Kier molecular flexibility index (Phi) is 7.15. The first kappa shape index (κ1) is 19.8. The first-order valence-electron chi connectivity index (χ1n) is 7.60. The molecule has 0 aromatic rings. The average molecular weight is 290 g/mol. The molecule has 0 saturated carbocycles. The zero-order valence-electron chi connectivity index (χ0n) is 14.5. The summed E-state index contributed by atoms with van der Waals surface area (Å²) in [4.78, 5) is 0. The summed E-state index contributed by atoms with van der Waals surface area (Å²) in [5.41, 5.74) is -0.914. The van der Waals surface area contributed by atoms with Crippen molar-refractivity contribution in [3.63, 3.8) is 0 Å². The van der Waals surface area contributed by atoms with Crippen LogP contribution < -0.4 is 0 Å². The van der Waals surface area contributed by atoms with E-state index in [1.165, 1.54) is 0 Å². The summed E-state index contributed by atoms with van der Waals surface area (Å²) in [5.74, 6) is -1.94. The van der Waals surface area contributed by atoms with Gasteiger partial charge in [0.15, 0.2) is 0 Å². The third kappa shape index (κ3) is 6.08. The maximum Gasteiger partial charge on any atom is 0.306 e. The fraction of sp³-hybridized carbons (Fsp3) is 1.00. The molecule has 0 fully saturated rings. The topological polar surface area (TPSA) is 58.9 Å². The number of ether oxygens (including phenoxy) is 2. The van der Waals surface area contributed by atoms with E-state index in [9.17, 15) is 10.2 Å². The predicted molar refractivity (Wildman–Crippen MR) is 81.3 cm³/mol. The second-order valence-electron chi connectivity index (χ2n) is 7.53. The number of aliphatic hydroxyl groups is 2. The molecule has 4 nitrogen and oxygen atoms in total. The third-order valence-electron chi connectivity index (χ3n) is 3.81. The highest BCUT2D eigenvalue weighted by molar-refractivity contribution is 4.86. The van der Waals surface area contributed by atoms with Crippen molar-refractivity contribution < 1.29 is 19.7 Å². The second-order valence-corrected chi connectivity index (χ2v) is 7.53. The van der Waals surface area contributed by atoms with Gasteiger partial charge in [-0.2, -0.15) is 0 Å². The summed E-state index contributed by atoms with van der Waals surface area (Å²) in [5, 5.41) is 20.7. The Hall–Kier alpha value is -0.160. The Balaban J connectivity index is 4.94. The molecule has 2 N–H and O–H groups in total. The van der Waals surface area contributed by atoms with Gasteiger partial charge in [0.25, 0.3) is 0 Å². The Bertz CT molecular complexity index is 277. The molecular weight excluding hydrogens is 256 g/mol. The summed E-state index contributed by atoms with van der Waals surface area (Å²) in [6.45, 7) is 16.3. The predicted octanol–water partition coefficient (Wildman–Crippen LogP) is 3.31. The maximum absolute atomic E-state index is 10.3. The van der Waals surface area contributed by atoms with Crippen molar-refractivity contribution in [2.75, 3.05) is 6.61 Å². The van der Waals surface area contributed by atoms with Crippen LogP contribution in [0.3, 0.4) is 0 Å². The van der Waals surface area contributed by atoms with Gasteiger partial charge in [-0.25, -0.2) is 0 Å². The van der Waals surface area contributed by atoms with Crippen LogP contribution >= 0.6 is 0 Å². The Morgan fingerprint density at radius 2 is 1.50 bits per heavy atom. The zero-order chi connectivity index (χ0) is 16.2. The maximum atomic E-state index is 10.3. The SMILES string of the molecule is CCCC(OCC(C)C)C(O)(O)OC(C)(C)C(C)(C)C. The van der Waals surface area contributed by atoms with Crippen LogP contribution in [0.4, 0.5) is 0 Å². The van der Waals surface area contributed by atoms with E-state index in [1.54, 1.807) is 0 Å². The zero-order valence-corrected chi connectivity index (χ0v) is 14.5. The van der Waals surface area contributed by atoms with Gasteiger partial charge >= 0.3 is 5.97 Å². The monoisotopic (exact) mass is 290 g/mol. The average Bonchev–Trinajstić information content (AvgIpc) is 2.20. The molecule has 0 spiro atoms. The van der Waals surface area contributed by atoms with Gasteiger partial charge in [-0.1, -0.05) is 48.0 Å². The molecular formula is C16H34O4. The van der Waals surface area contributed by atoms with Gasteiger partial charge in [0.1, 0.15) is 6.10 Å². The van der Waals surface area contributed by atoms with Crippen LogP contribution in [-0.4, -0.2) is 34.5 Å². The molecule has 4 heteroatoms. The fourth-order valence-electron chi connectivity index (χ4n) is 1.55. The van der Waals surface area contributed by atoms with Gasteiger partial charge in [-0.05, 0) is 31.6 Å². The van der Waals surface area contributed by atoms with Crippen molar-refractivity contribution in [3.05, 3.63) is 0 Å². The molecule has 20 heavy (non-hydrogen) atoms. The Labute approximate surface area is 124 Å². The Morgan fingerprint density at radius 1 is 1.00 bits per heavy atom. The summed E-state index contributed by atoms with van der Waals surface area (Å²) >= 11 is 0. The number of hydrogen-bond acceptors (Lipinski definition) is 4. The van der Waals surface area contributed by atoms with Gasteiger partial charge in [-0.15, -0.1) is 0 Å². The smallest absolute Gasteiger partial charge is 0.306 e. The normalized spacial score (nSPS) is 15.8. The van der Waals surface area contributed by atoms with Crippen LogP contribution in [0.1, 0.15) is 68.2 Å². The molecule has 0 aliphatic carbocycles. The van der Waals surface area contributed by atoms with Crippen molar-refractivity contribution in [3.8, 4) is 0 Å². The van der Waals surface area contributed by atoms with Crippen molar-refractivity contribution in [1.82, 2.24) is 0 Å². The lowest BCUT2D eigenvalue weighted by molar-refractivity contribution is -0.420. The van der Waals surface area contributed by atoms with Gasteiger partial charge in [-0.3, -0.25) is 0 Å². The highest BCUT2D eigenvalue weighted by atomic mass is 16.8. The molecule has 0 amide bonds. The molecule has 0 aromatic heterocycles. The molecule has 0 rings (SSSR count). The van der Waals surface area contributed by atoms with E-state index < -0.39 is 17.7 Å². The lowest BCUT2D eigenvalue weighted by Gasteiger charge is -2.44. The van der Waals surface area contributed by atoms with Crippen molar-refractivity contribution >= 4 is 0 Å². The molecule has 1 unspecified atom stereocenters. The largest absolute Gasteiger partial charge is 0.370 e. The van der Waals surface area contributed by atoms with E-state index in [0.29, 0.717) is 18.9 Å². The molecule has 0 aromatic carbocycles. The first-order chi connectivity index (χ1) is 8.83. The molecule has 122 valence electrons. The van der Waals surface area contributed by atoms with Gasteiger partial charge in [0.2, 0.25) is 0 Å². The van der Waals surface area contributed by atoms with E-state index in [-0.39, 0.29) is 5.41 Å². The highest BCUT2D eigenvalue weighted by Crippen LogP contribution is 2.37. The van der Waals surface area contributed by atoms with E-state index >= 15 is 0 Å². The van der Waals surface area contributed by atoms with Gasteiger partial charge < -0.3 is 19.7 Å². The highest BCUT2D eigenvalue weighted by Gasteiger charge is 2.45. The number of rotatable bonds is 8. The van der Waals surface area contributed by atoms with E-state index in [0.717, 1.165) is 6.42 Å². The van der Waals surface area contributed by atoms with Gasteiger partial charge in [0, 0.05) is 6.61 Å². The minimum absolute atomic E-state index is 0.224. The second kappa shape index (κ2) is 7.21. The minimum atomic E-state index is -2.28. The molecule has 0 saturated heterocycles. The van der Waals surface area contributed by atoms with Crippen LogP contribution in [-0.2, 0) is 9.47 Å². The van der Waals surface area contributed by atoms with Crippen LogP contribution in [0.25, 0.3) is 0 Å². The van der Waals surface area contributed by atoms with Crippen molar-refractivity contribution in [1.29, 1.82) is 0 Å². The summed E-state index contributed by atoms with van der Waals surface area (Å²) in [7, 11) is 0. The standard InChI is InChI=1S/C16H34O4/c1-9-10-13(19-11-12(2)3)16(17,18)20-15(7,8)14(4,5)6/h12-13,17-18H,9-11H2,1-8H3. The molecule has 0 radical (unpaired) electrons. The summed E-state index contributed by atoms with van der Waals surface area (Å²) in [6, 6.07) is 0. The lowest BCUT2D eigenvalue weighted by atomic mass is 9.79. The minimum Gasteiger partial charge on any atom is -0.370 e. The van der Waals surface area contributed by atoms with E-state index in [4.69, 9.17) is 9.47 Å². The van der Waals surface area contributed by atoms with Crippen LogP contribution in [0.2, 0.25) is 0 Å². The fourth-order valence-corrected chi connectivity index (χ4v) is 1.55. The number of hydrogen-bond donors (Lipinski definition) is 2.